The summed E-state index contributed by atoms with van der Waals surface area (Å²) in [6, 6.07) is 9.67. The smallest absolute Gasteiger partial charge is 0.293 e. The number of anilines is 1. The number of amides is 1. The number of nitrogens with zero attached hydrogens (tertiary/aromatic N) is 1. The van der Waals surface area contributed by atoms with Gasteiger partial charge in [0.05, 0.1) is 10.2 Å². The second kappa shape index (κ2) is 5.13. The van der Waals surface area contributed by atoms with Crippen LogP contribution < -0.4 is 5.32 Å². The zero-order valence-corrected chi connectivity index (χ0v) is 12.3. The van der Waals surface area contributed by atoms with Crippen molar-refractivity contribution in [1.82, 2.24) is 4.98 Å². The van der Waals surface area contributed by atoms with Crippen LogP contribution in [0.3, 0.4) is 0 Å². The van der Waals surface area contributed by atoms with Gasteiger partial charge in [-0.1, -0.05) is 11.3 Å². The third-order valence-corrected chi connectivity index (χ3v) is 4.21. The van der Waals surface area contributed by atoms with Crippen LogP contribution in [0.4, 0.5) is 13.9 Å². The van der Waals surface area contributed by atoms with E-state index in [4.69, 9.17) is 4.42 Å². The lowest BCUT2D eigenvalue weighted by atomic mass is 10.2. The number of furan rings is 1. The van der Waals surface area contributed by atoms with Gasteiger partial charge in [-0.3, -0.25) is 10.1 Å². The lowest BCUT2D eigenvalue weighted by molar-refractivity contribution is 0.0998. The molecule has 0 spiro atoms. The summed E-state index contributed by atoms with van der Waals surface area (Å²) in [5.74, 6) is -1.21. The summed E-state index contributed by atoms with van der Waals surface area (Å²) in [5.41, 5.74) is 1.02. The topological polar surface area (TPSA) is 55.1 Å². The third-order valence-electron chi connectivity index (χ3n) is 3.27. The largest absolute Gasteiger partial charge is 0.451 e. The maximum absolute atomic E-state index is 13.2. The molecule has 4 aromatic rings. The Hall–Kier alpha value is -2.80. The highest BCUT2D eigenvalue weighted by Gasteiger charge is 2.15. The van der Waals surface area contributed by atoms with Crippen molar-refractivity contribution in [3.8, 4) is 0 Å². The summed E-state index contributed by atoms with van der Waals surface area (Å²) in [6.45, 7) is 0. The maximum Gasteiger partial charge on any atom is 0.293 e. The highest BCUT2D eigenvalue weighted by atomic mass is 32.1. The van der Waals surface area contributed by atoms with E-state index >= 15 is 0 Å². The van der Waals surface area contributed by atoms with E-state index in [0.717, 1.165) is 11.3 Å². The van der Waals surface area contributed by atoms with Gasteiger partial charge < -0.3 is 4.42 Å². The van der Waals surface area contributed by atoms with E-state index in [1.165, 1.54) is 36.4 Å². The van der Waals surface area contributed by atoms with Crippen molar-refractivity contribution < 1.29 is 18.0 Å². The summed E-state index contributed by atoms with van der Waals surface area (Å²) >= 11 is 1.16. The van der Waals surface area contributed by atoms with Crippen molar-refractivity contribution in [2.45, 2.75) is 0 Å². The summed E-state index contributed by atoms with van der Waals surface area (Å²) in [4.78, 5) is 16.4. The molecule has 114 valence electrons. The summed E-state index contributed by atoms with van der Waals surface area (Å²) in [5, 5.41) is 3.44. The number of aromatic nitrogens is 1. The van der Waals surface area contributed by atoms with Crippen LogP contribution in [0, 0.1) is 11.6 Å². The SMILES string of the molecule is O=C(Nc1nc2ccc(F)cc2s1)c1cc2cc(F)ccc2o1. The van der Waals surface area contributed by atoms with E-state index in [0.29, 0.717) is 26.3 Å². The molecule has 4 rings (SSSR count). The van der Waals surface area contributed by atoms with Crippen molar-refractivity contribution in [3.05, 3.63) is 59.9 Å². The Labute approximate surface area is 132 Å². The molecule has 0 saturated heterocycles. The average Bonchev–Trinajstić information content (AvgIpc) is 3.09. The van der Waals surface area contributed by atoms with Crippen LogP contribution in [0.15, 0.2) is 46.9 Å². The van der Waals surface area contributed by atoms with Crippen LogP contribution in [0.1, 0.15) is 10.6 Å². The second-order valence-corrected chi connectivity index (χ2v) is 5.91. The first-order valence-corrected chi connectivity index (χ1v) is 7.47. The summed E-state index contributed by atoms with van der Waals surface area (Å²) in [6.07, 6.45) is 0. The van der Waals surface area contributed by atoms with Crippen molar-refractivity contribution in [2.75, 3.05) is 5.32 Å². The molecule has 0 radical (unpaired) electrons. The number of fused-ring (bicyclic) bond motifs is 2. The molecule has 2 heterocycles. The van der Waals surface area contributed by atoms with Crippen LogP contribution in [0.5, 0.6) is 0 Å². The minimum absolute atomic E-state index is 0.0519. The molecule has 0 saturated carbocycles. The Kier molecular flexibility index (Phi) is 3.09. The van der Waals surface area contributed by atoms with E-state index in [-0.39, 0.29) is 11.6 Å². The van der Waals surface area contributed by atoms with Crippen molar-refractivity contribution in [1.29, 1.82) is 0 Å². The number of hydrogen-bond acceptors (Lipinski definition) is 4. The van der Waals surface area contributed by atoms with Gasteiger partial charge in [0.1, 0.15) is 17.2 Å². The second-order valence-electron chi connectivity index (χ2n) is 4.88. The van der Waals surface area contributed by atoms with E-state index in [9.17, 15) is 13.6 Å². The minimum atomic E-state index is -0.499. The first-order valence-electron chi connectivity index (χ1n) is 6.65. The maximum atomic E-state index is 13.2. The van der Waals surface area contributed by atoms with Gasteiger partial charge in [-0.15, -0.1) is 0 Å². The minimum Gasteiger partial charge on any atom is -0.451 e. The molecule has 0 bridgehead atoms. The predicted molar refractivity (Wildman–Crippen MR) is 83.7 cm³/mol. The third kappa shape index (κ3) is 2.55. The molecule has 0 unspecified atom stereocenters. The number of rotatable bonds is 2. The van der Waals surface area contributed by atoms with Crippen LogP contribution in [0.2, 0.25) is 0 Å². The predicted octanol–water partition coefficient (Wildman–Crippen LogP) is 4.57. The van der Waals surface area contributed by atoms with Crippen LogP contribution >= 0.6 is 11.3 Å². The quantitative estimate of drug-likeness (QED) is 0.585. The van der Waals surface area contributed by atoms with E-state index < -0.39 is 11.7 Å². The molecule has 1 amide bonds. The Balaban J connectivity index is 1.64. The normalized spacial score (nSPS) is 11.2. The molecule has 1 N–H and O–H groups in total. The first kappa shape index (κ1) is 13.8. The van der Waals surface area contributed by atoms with E-state index in [1.54, 1.807) is 6.07 Å². The number of halogens is 2. The lowest BCUT2D eigenvalue weighted by Gasteiger charge is -1.96. The molecule has 0 atom stereocenters. The number of carbonyl (C=O) groups excluding carboxylic acids is 1. The van der Waals surface area contributed by atoms with Crippen molar-refractivity contribution >= 4 is 43.6 Å². The molecular formula is C16H8F2N2O2S. The van der Waals surface area contributed by atoms with Gasteiger partial charge in [-0.2, -0.15) is 0 Å². The number of benzene rings is 2. The number of hydrogen-bond donors (Lipinski definition) is 1. The molecular weight excluding hydrogens is 322 g/mol. The van der Waals surface area contributed by atoms with Crippen LogP contribution in [-0.4, -0.2) is 10.9 Å². The number of nitrogens with one attached hydrogen (secondary N) is 1. The van der Waals surface area contributed by atoms with Gasteiger partial charge in [0, 0.05) is 5.39 Å². The van der Waals surface area contributed by atoms with Gasteiger partial charge >= 0.3 is 0 Å². The van der Waals surface area contributed by atoms with E-state index in [1.807, 2.05) is 0 Å². The lowest BCUT2D eigenvalue weighted by Crippen LogP contribution is -2.10. The summed E-state index contributed by atoms with van der Waals surface area (Å²) in [7, 11) is 0. The molecule has 2 aromatic heterocycles. The monoisotopic (exact) mass is 330 g/mol. The van der Waals surface area contributed by atoms with Gasteiger partial charge in [-0.25, -0.2) is 13.8 Å². The van der Waals surface area contributed by atoms with Gasteiger partial charge in [-0.05, 0) is 42.5 Å². The van der Waals surface area contributed by atoms with Crippen LogP contribution in [-0.2, 0) is 0 Å². The highest BCUT2D eigenvalue weighted by molar-refractivity contribution is 7.22. The van der Waals surface area contributed by atoms with Gasteiger partial charge in [0.2, 0.25) is 0 Å². The molecule has 4 nitrogen and oxygen atoms in total. The van der Waals surface area contributed by atoms with Crippen molar-refractivity contribution in [2.24, 2.45) is 0 Å². The molecule has 0 aliphatic heterocycles. The van der Waals surface area contributed by atoms with Crippen LogP contribution in [0.25, 0.3) is 21.2 Å². The standard InChI is InChI=1S/C16H8F2N2O2S/c17-9-2-4-12-8(5-9)6-13(22-12)15(21)20-16-19-11-3-1-10(18)7-14(11)23-16/h1-7H,(H,19,20,21). The fraction of sp³-hybridized carbons (Fsp3) is 0. The first-order chi connectivity index (χ1) is 11.1. The molecule has 23 heavy (non-hydrogen) atoms. The molecule has 7 heteroatoms. The van der Waals surface area contributed by atoms with Crippen molar-refractivity contribution in [3.63, 3.8) is 0 Å². The number of carbonyl (C=O) groups is 1. The molecule has 0 fully saturated rings. The van der Waals surface area contributed by atoms with E-state index in [2.05, 4.69) is 10.3 Å². The average molecular weight is 330 g/mol. The zero-order chi connectivity index (χ0) is 16.0. The Morgan fingerprint density at radius 2 is 1.87 bits per heavy atom. The Morgan fingerprint density at radius 3 is 2.74 bits per heavy atom. The Morgan fingerprint density at radius 1 is 1.09 bits per heavy atom. The molecule has 0 aliphatic carbocycles. The summed E-state index contributed by atoms with van der Waals surface area (Å²) < 4.78 is 32.4. The fourth-order valence-electron chi connectivity index (χ4n) is 2.24. The molecule has 0 aliphatic rings. The fourth-order valence-corrected chi connectivity index (χ4v) is 3.12. The van der Waals surface area contributed by atoms with Gasteiger partial charge in [0.25, 0.3) is 5.91 Å². The molecule has 2 aromatic carbocycles. The van der Waals surface area contributed by atoms with Gasteiger partial charge in [0.15, 0.2) is 10.9 Å². The number of thiazole rings is 1. The highest BCUT2D eigenvalue weighted by Crippen LogP contribution is 2.27. The zero-order valence-electron chi connectivity index (χ0n) is 11.5. The Bertz CT molecular complexity index is 1050.